The van der Waals surface area contributed by atoms with Gasteiger partial charge in [-0.25, -0.2) is 4.79 Å². The molecule has 158 valence electrons. The lowest BCUT2D eigenvalue weighted by molar-refractivity contribution is 0.00701. The topological polar surface area (TPSA) is 105 Å². The van der Waals surface area contributed by atoms with E-state index in [-0.39, 0.29) is 18.1 Å². The van der Waals surface area contributed by atoms with Crippen LogP contribution in [-0.4, -0.2) is 64.9 Å². The van der Waals surface area contributed by atoms with E-state index in [0.29, 0.717) is 31.9 Å². The van der Waals surface area contributed by atoms with Crippen molar-refractivity contribution in [3.63, 3.8) is 0 Å². The third-order valence-corrected chi connectivity index (χ3v) is 4.04. The lowest BCUT2D eigenvalue weighted by Gasteiger charge is -2.40. The molecule has 1 aliphatic heterocycles. The number of carbonyl (C=O) groups excluding carboxylic acids is 1. The number of guanidine groups is 1. The number of nitrogens with zero attached hydrogens (tertiary/aromatic N) is 4. The van der Waals surface area contributed by atoms with Crippen LogP contribution in [0.3, 0.4) is 0 Å². The molecule has 0 spiro atoms. The molecular weight excluding hydrogens is 360 g/mol. The van der Waals surface area contributed by atoms with Gasteiger partial charge in [0.05, 0.1) is 6.04 Å². The van der Waals surface area contributed by atoms with Gasteiger partial charge >= 0.3 is 6.09 Å². The Morgan fingerprint density at radius 2 is 2.11 bits per heavy atom. The maximum absolute atomic E-state index is 12.0. The second-order valence-electron chi connectivity index (χ2n) is 8.29. The number of hydrogen-bond acceptors (Lipinski definition) is 6. The summed E-state index contributed by atoms with van der Waals surface area (Å²) in [6.45, 7) is 14.4. The molecule has 0 saturated carbocycles. The minimum Gasteiger partial charge on any atom is -0.444 e. The minimum absolute atomic E-state index is 0.176. The Hall–Kier alpha value is -2.32. The van der Waals surface area contributed by atoms with E-state index in [4.69, 9.17) is 9.26 Å². The van der Waals surface area contributed by atoms with Crippen molar-refractivity contribution in [1.82, 2.24) is 25.7 Å². The van der Waals surface area contributed by atoms with E-state index in [1.165, 1.54) is 0 Å². The molecule has 0 bridgehead atoms. The first-order valence-electron chi connectivity index (χ1n) is 10.0. The van der Waals surface area contributed by atoms with Crippen LogP contribution in [0.5, 0.6) is 0 Å². The van der Waals surface area contributed by atoms with Crippen LogP contribution in [0.15, 0.2) is 9.52 Å². The molecule has 0 unspecified atom stereocenters. The number of hydrogen-bond donors (Lipinski definition) is 2. The summed E-state index contributed by atoms with van der Waals surface area (Å²) < 4.78 is 10.6. The zero-order valence-electron chi connectivity index (χ0n) is 17.9. The van der Waals surface area contributed by atoms with Crippen LogP contribution in [0.1, 0.15) is 65.6 Å². The van der Waals surface area contributed by atoms with E-state index >= 15 is 0 Å². The highest BCUT2D eigenvalue weighted by molar-refractivity contribution is 5.80. The van der Waals surface area contributed by atoms with E-state index < -0.39 is 5.60 Å². The molecule has 1 amide bonds. The Morgan fingerprint density at radius 3 is 2.68 bits per heavy atom. The average Bonchev–Trinajstić information content (AvgIpc) is 3.01. The van der Waals surface area contributed by atoms with Crippen molar-refractivity contribution in [2.24, 2.45) is 4.99 Å². The minimum atomic E-state index is -0.472. The molecule has 1 aromatic rings. The number of aromatic nitrogens is 2. The summed E-state index contributed by atoms with van der Waals surface area (Å²) in [7, 11) is 0. The lowest BCUT2D eigenvalue weighted by Crippen LogP contribution is -2.63. The maximum Gasteiger partial charge on any atom is 0.410 e. The van der Waals surface area contributed by atoms with Gasteiger partial charge in [0, 0.05) is 38.5 Å². The van der Waals surface area contributed by atoms with Gasteiger partial charge in [0.1, 0.15) is 5.60 Å². The summed E-state index contributed by atoms with van der Waals surface area (Å²) in [4.78, 5) is 22.7. The highest BCUT2D eigenvalue weighted by Crippen LogP contribution is 2.15. The Labute approximate surface area is 167 Å². The fourth-order valence-corrected chi connectivity index (χ4v) is 2.58. The van der Waals surface area contributed by atoms with Gasteiger partial charge in [-0.15, -0.1) is 0 Å². The normalized spacial score (nSPS) is 15.5. The number of aliphatic imine (C=N–C) groups is 1. The van der Waals surface area contributed by atoms with Crippen molar-refractivity contribution in [2.45, 2.75) is 71.9 Å². The van der Waals surface area contributed by atoms with Crippen molar-refractivity contribution < 1.29 is 14.1 Å². The third kappa shape index (κ3) is 7.01. The van der Waals surface area contributed by atoms with E-state index in [0.717, 1.165) is 24.7 Å². The highest BCUT2D eigenvalue weighted by Gasteiger charge is 2.34. The molecule has 1 saturated heterocycles. The van der Waals surface area contributed by atoms with Crippen molar-refractivity contribution in [3.8, 4) is 0 Å². The zero-order chi connectivity index (χ0) is 20.7. The molecule has 2 N–H and O–H groups in total. The molecule has 0 aromatic carbocycles. The fourth-order valence-electron chi connectivity index (χ4n) is 2.58. The largest absolute Gasteiger partial charge is 0.444 e. The number of nitrogens with one attached hydrogen (secondary N) is 2. The van der Waals surface area contributed by atoms with Crippen LogP contribution in [0.4, 0.5) is 4.79 Å². The molecule has 0 radical (unpaired) electrons. The van der Waals surface area contributed by atoms with Crippen LogP contribution < -0.4 is 10.6 Å². The Kier molecular flexibility index (Phi) is 7.65. The second kappa shape index (κ2) is 9.75. The molecule has 28 heavy (non-hydrogen) atoms. The first-order valence-corrected chi connectivity index (χ1v) is 10.0. The molecule has 9 nitrogen and oxygen atoms in total. The predicted octanol–water partition coefficient (Wildman–Crippen LogP) is 2.30. The Balaban J connectivity index is 1.73. The Morgan fingerprint density at radius 1 is 1.39 bits per heavy atom. The lowest BCUT2D eigenvalue weighted by atomic mass is 10.1. The summed E-state index contributed by atoms with van der Waals surface area (Å²) in [5, 5.41) is 10.6. The van der Waals surface area contributed by atoms with E-state index in [2.05, 4.69) is 25.8 Å². The molecular formula is C19H34N6O3. The number of ether oxygens (including phenoxy) is 1. The fraction of sp³-hybridized carbons (Fsp3) is 0.789. The summed E-state index contributed by atoms with van der Waals surface area (Å²) in [5.41, 5.74) is -0.472. The molecule has 0 atom stereocenters. The van der Waals surface area contributed by atoms with Gasteiger partial charge in [0.25, 0.3) is 0 Å². The van der Waals surface area contributed by atoms with Gasteiger partial charge in [-0.2, -0.15) is 4.98 Å². The van der Waals surface area contributed by atoms with Crippen molar-refractivity contribution >= 4 is 12.1 Å². The number of aryl methyl sites for hydroxylation is 1. The number of amides is 1. The van der Waals surface area contributed by atoms with Crippen molar-refractivity contribution in [2.75, 3.05) is 26.2 Å². The van der Waals surface area contributed by atoms with Gasteiger partial charge in [-0.05, 0) is 34.1 Å². The molecule has 9 heteroatoms. The van der Waals surface area contributed by atoms with Crippen LogP contribution in [0.25, 0.3) is 0 Å². The predicted molar refractivity (Wildman–Crippen MR) is 107 cm³/mol. The summed E-state index contributed by atoms with van der Waals surface area (Å²) in [6, 6.07) is 0.176. The SMILES string of the molecule is CCNC(=NCCCc1nc(C(C)C)no1)NC1CN(C(=O)OC(C)(C)C)C1. The zero-order valence-corrected chi connectivity index (χ0v) is 17.9. The van der Waals surface area contributed by atoms with Gasteiger partial charge in [-0.1, -0.05) is 19.0 Å². The Bertz CT molecular complexity index is 659. The van der Waals surface area contributed by atoms with Crippen LogP contribution in [0, 0.1) is 0 Å². The molecule has 1 aromatic heterocycles. The van der Waals surface area contributed by atoms with Gasteiger partial charge < -0.3 is 24.8 Å². The van der Waals surface area contributed by atoms with Crippen LogP contribution in [-0.2, 0) is 11.2 Å². The van der Waals surface area contributed by atoms with Gasteiger partial charge in [-0.3, -0.25) is 4.99 Å². The standard InChI is InChI=1S/C19H34N6O3/c1-7-20-17(21-10-8-9-15-23-16(13(2)3)24-28-15)22-14-11-25(12-14)18(26)27-19(4,5)6/h13-14H,7-12H2,1-6H3,(H2,20,21,22). The number of rotatable bonds is 7. The third-order valence-electron chi connectivity index (χ3n) is 4.04. The summed E-state index contributed by atoms with van der Waals surface area (Å²) in [5.74, 6) is 2.42. The molecule has 2 rings (SSSR count). The first-order chi connectivity index (χ1) is 13.2. The maximum atomic E-state index is 12.0. The summed E-state index contributed by atoms with van der Waals surface area (Å²) in [6.07, 6.45) is 1.26. The first kappa shape index (κ1) is 22.0. The van der Waals surface area contributed by atoms with Gasteiger partial charge in [0.2, 0.25) is 5.89 Å². The van der Waals surface area contributed by atoms with Crippen molar-refractivity contribution in [1.29, 1.82) is 0 Å². The van der Waals surface area contributed by atoms with E-state index in [1.54, 1.807) is 4.90 Å². The average molecular weight is 395 g/mol. The van der Waals surface area contributed by atoms with E-state index in [1.807, 2.05) is 41.5 Å². The van der Waals surface area contributed by atoms with Crippen molar-refractivity contribution in [3.05, 3.63) is 11.7 Å². The van der Waals surface area contributed by atoms with Crippen LogP contribution in [0.2, 0.25) is 0 Å². The highest BCUT2D eigenvalue weighted by atomic mass is 16.6. The second-order valence-corrected chi connectivity index (χ2v) is 8.29. The monoisotopic (exact) mass is 394 g/mol. The van der Waals surface area contributed by atoms with Crippen LogP contribution >= 0.6 is 0 Å². The smallest absolute Gasteiger partial charge is 0.410 e. The van der Waals surface area contributed by atoms with Gasteiger partial charge in [0.15, 0.2) is 11.8 Å². The molecule has 0 aliphatic carbocycles. The van der Waals surface area contributed by atoms with E-state index in [9.17, 15) is 4.79 Å². The molecule has 1 aliphatic rings. The number of carbonyl (C=O) groups is 1. The number of likely N-dealkylation sites (tertiary alicyclic amines) is 1. The molecule has 2 heterocycles. The quantitative estimate of drug-likeness (QED) is 0.415. The summed E-state index contributed by atoms with van der Waals surface area (Å²) >= 11 is 0. The molecule has 1 fully saturated rings.